The first-order valence-electron chi connectivity index (χ1n) is 8.64. The molecule has 0 fully saturated rings. The fourth-order valence-corrected chi connectivity index (χ4v) is 3.24. The minimum Gasteiger partial charge on any atom is -0.492 e. The normalized spacial score (nSPS) is 15.6. The number of aromatic nitrogens is 2. The molecule has 2 heterocycles. The molecule has 1 aliphatic rings. The SMILES string of the molecule is CCOc1cc2c(cc1NC(=O)Cc1c(C)nn(C)c1C)O[C@@H](C)C2. The topological polar surface area (TPSA) is 65.4 Å². The quantitative estimate of drug-likeness (QED) is 0.906. The van der Waals surface area contributed by atoms with Crippen LogP contribution in [0.5, 0.6) is 11.5 Å². The molecule has 0 bridgehead atoms. The third-order valence-corrected chi connectivity index (χ3v) is 4.57. The van der Waals surface area contributed by atoms with E-state index in [2.05, 4.69) is 10.4 Å². The van der Waals surface area contributed by atoms with Crippen molar-refractivity contribution < 1.29 is 14.3 Å². The molecule has 0 spiro atoms. The van der Waals surface area contributed by atoms with E-state index in [0.717, 1.165) is 34.7 Å². The van der Waals surface area contributed by atoms with Crippen molar-refractivity contribution in [3.8, 4) is 11.5 Å². The van der Waals surface area contributed by atoms with E-state index >= 15 is 0 Å². The Hall–Kier alpha value is -2.50. The Labute approximate surface area is 148 Å². The number of carbonyl (C=O) groups excluding carboxylic acids is 1. The number of aryl methyl sites for hydroxylation is 2. The lowest BCUT2D eigenvalue weighted by molar-refractivity contribution is -0.115. The molecule has 1 aromatic heterocycles. The zero-order valence-electron chi connectivity index (χ0n) is 15.5. The second-order valence-corrected chi connectivity index (χ2v) is 6.52. The Morgan fingerprint density at radius 1 is 1.44 bits per heavy atom. The van der Waals surface area contributed by atoms with Crippen LogP contribution in [0, 0.1) is 13.8 Å². The van der Waals surface area contributed by atoms with Crippen LogP contribution in [0.4, 0.5) is 5.69 Å². The van der Waals surface area contributed by atoms with E-state index in [1.54, 1.807) is 4.68 Å². The molecule has 1 N–H and O–H groups in total. The van der Waals surface area contributed by atoms with Crippen molar-refractivity contribution in [2.75, 3.05) is 11.9 Å². The summed E-state index contributed by atoms with van der Waals surface area (Å²) in [6.45, 7) is 8.40. The summed E-state index contributed by atoms with van der Waals surface area (Å²) in [5.41, 5.74) is 4.62. The molecule has 0 saturated carbocycles. The number of rotatable bonds is 5. The van der Waals surface area contributed by atoms with Gasteiger partial charge >= 0.3 is 0 Å². The van der Waals surface area contributed by atoms with E-state index in [4.69, 9.17) is 9.47 Å². The van der Waals surface area contributed by atoms with Crippen LogP contribution in [0.1, 0.15) is 36.4 Å². The number of benzene rings is 1. The highest BCUT2D eigenvalue weighted by Gasteiger charge is 2.23. The predicted octanol–water partition coefficient (Wildman–Crippen LogP) is 2.94. The van der Waals surface area contributed by atoms with Crippen LogP contribution in [-0.4, -0.2) is 28.4 Å². The van der Waals surface area contributed by atoms with Gasteiger partial charge in [0.25, 0.3) is 0 Å². The molecule has 3 rings (SSSR count). The Bertz CT molecular complexity index is 811. The van der Waals surface area contributed by atoms with Gasteiger partial charge in [-0.3, -0.25) is 9.48 Å². The number of hydrogen-bond donors (Lipinski definition) is 1. The van der Waals surface area contributed by atoms with Crippen molar-refractivity contribution in [1.29, 1.82) is 0 Å². The van der Waals surface area contributed by atoms with Crippen molar-refractivity contribution in [3.63, 3.8) is 0 Å². The summed E-state index contributed by atoms with van der Waals surface area (Å²) in [4.78, 5) is 12.6. The molecular weight excluding hydrogens is 318 g/mol. The number of nitrogens with zero attached hydrogens (tertiary/aromatic N) is 2. The first-order chi connectivity index (χ1) is 11.9. The molecule has 0 unspecified atom stereocenters. The summed E-state index contributed by atoms with van der Waals surface area (Å²) < 4.78 is 13.3. The number of fused-ring (bicyclic) bond motifs is 1. The van der Waals surface area contributed by atoms with Crippen molar-refractivity contribution in [2.45, 2.75) is 46.6 Å². The number of carbonyl (C=O) groups is 1. The maximum absolute atomic E-state index is 12.6. The highest BCUT2D eigenvalue weighted by molar-refractivity contribution is 5.94. The molecule has 1 aromatic carbocycles. The number of amides is 1. The third kappa shape index (κ3) is 3.48. The number of hydrogen-bond acceptors (Lipinski definition) is 4. The summed E-state index contributed by atoms with van der Waals surface area (Å²) in [6, 6.07) is 3.84. The van der Waals surface area contributed by atoms with Crippen LogP contribution < -0.4 is 14.8 Å². The van der Waals surface area contributed by atoms with Crippen LogP contribution in [0.2, 0.25) is 0 Å². The Morgan fingerprint density at radius 2 is 2.20 bits per heavy atom. The highest BCUT2D eigenvalue weighted by atomic mass is 16.5. The molecule has 1 amide bonds. The Kier molecular flexibility index (Phi) is 4.70. The minimum absolute atomic E-state index is 0.0915. The van der Waals surface area contributed by atoms with E-state index in [-0.39, 0.29) is 18.4 Å². The summed E-state index contributed by atoms with van der Waals surface area (Å²) in [5, 5.41) is 7.34. The zero-order chi connectivity index (χ0) is 18.1. The lowest BCUT2D eigenvalue weighted by Crippen LogP contribution is -2.16. The van der Waals surface area contributed by atoms with Gasteiger partial charge in [-0.25, -0.2) is 0 Å². The van der Waals surface area contributed by atoms with E-state index in [0.29, 0.717) is 18.0 Å². The molecule has 1 atom stereocenters. The van der Waals surface area contributed by atoms with Crippen LogP contribution in [0.25, 0.3) is 0 Å². The molecule has 6 heteroatoms. The average molecular weight is 343 g/mol. The first kappa shape index (κ1) is 17.3. The lowest BCUT2D eigenvalue weighted by Gasteiger charge is -2.13. The summed E-state index contributed by atoms with van der Waals surface area (Å²) in [5.74, 6) is 1.41. The maximum atomic E-state index is 12.6. The monoisotopic (exact) mass is 343 g/mol. The second-order valence-electron chi connectivity index (χ2n) is 6.52. The van der Waals surface area contributed by atoms with Crippen molar-refractivity contribution in [3.05, 3.63) is 34.6 Å². The Morgan fingerprint density at radius 3 is 2.84 bits per heavy atom. The molecule has 134 valence electrons. The van der Waals surface area contributed by atoms with Crippen molar-refractivity contribution >= 4 is 11.6 Å². The molecule has 0 saturated heterocycles. The summed E-state index contributed by atoms with van der Waals surface area (Å²) >= 11 is 0. The van der Waals surface area contributed by atoms with E-state index in [1.807, 2.05) is 46.9 Å². The maximum Gasteiger partial charge on any atom is 0.229 e. The van der Waals surface area contributed by atoms with E-state index in [1.165, 1.54) is 0 Å². The number of ether oxygens (including phenoxy) is 2. The molecule has 0 aliphatic carbocycles. The van der Waals surface area contributed by atoms with Gasteiger partial charge in [-0.1, -0.05) is 0 Å². The molecule has 6 nitrogen and oxygen atoms in total. The zero-order valence-corrected chi connectivity index (χ0v) is 15.5. The van der Waals surface area contributed by atoms with Gasteiger partial charge in [-0.05, 0) is 33.8 Å². The smallest absolute Gasteiger partial charge is 0.229 e. The van der Waals surface area contributed by atoms with Gasteiger partial charge in [0.1, 0.15) is 17.6 Å². The predicted molar refractivity (Wildman–Crippen MR) is 96.4 cm³/mol. The molecular formula is C19H25N3O3. The second kappa shape index (κ2) is 6.78. The minimum atomic E-state index is -0.0915. The van der Waals surface area contributed by atoms with Crippen LogP contribution in [0.15, 0.2) is 12.1 Å². The average Bonchev–Trinajstić information content (AvgIpc) is 3.01. The lowest BCUT2D eigenvalue weighted by atomic mass is 10.1. The molecule has 1 aliphatic heterocycles. The van der Waals surface area contributed by atoms with Gasteiger partial charge in [0.15, 0.2) is 0 Å². The number of anilines is 1. The molecule has 2 aromatic rings. The van der Waals surface area contributed by atoms with Crippen LogP contribution >= 0.6 is 0 Å². The van der Waals surface area contributed by atoms with E-state index in [9.17, 15) is 4.79 Å². The standard InChI is InChI=1S/C19H25N3O3/c1-6-24-18-8-14-7-11(2)25-17(14)10-16(18)20-19(23)9-15-12(3)21-22(5)13(15)4/h8,10-11H,6-7,9H2,1-5H3,(H,20,23)/t11-/m0/s1. The van der Waals surface area contributed by atoms with Crippen molar-refractivity contribution in [2.24, 2.45) is 7.05 Å². The fourth-order valence-electron chi connectivity index (χ4n) is 3.24. The van der Waals surface area contributed by atoms with Crippen LogP contribution in [0.3, 0.4) is 0 Å². The van der Waals surface area contributed by atoms with Gasteiger partial charge in [0.05, 0.1) is 24.4 Å². The third-order valence-electron chi connectivity index (χ3n) is 4.57. The van der Waals surface area contributed by atoms with Gasteiger partial charge in [0, 0.05) is 36.4 Å². The molecule has 0 radical (unpaired) electrons. The van der Waals surface area contributed by atoms with Gasteiger partial charge in [-0.2, -0.15) is 5.10 Å². The Balaban J connectivity index is 1.82. The fraction of sp³-hybridized carbons (Fsp3) is 0.474. The highest BCUT2D eigenvalue weighted by Crippen LogP contribution is 2.38. The van der Waals surface area contributed by atoms with Gasteiger partial charge in [-0.15, -0.1) is 0 Å². The number of nitrogens with one attached hydrogen (secondary N) is 1. The first-order valence-corrected chi connectivity index (χ1v) is 8.64. The van der Waals surface area contributed by atoms with E-state index < -0.39 is 0 Å². The van der Waals surface area contributed by atoms with Gasteiger partial charge < -0.3 is 14.8 Å². The van der Waals surface area contributed by atoms with Crippen LogP contribution in [-0.2, 0) is 24.7 Å². The summed E-state index contributed by atoms with van der Waals surface area (Å²) in [7, 11) is 1.88. The summed E-state index contributed by atoms with van der Waals surface area (Å²) in [6.07, 6.45) is 1.29. The van der Waals surface area contributed by atoms with Crippen molar-refractivity contribution in [1.82, 2.24) is 9.78 Å². The largest absolute Gasteiger partial charge is 0.492 e. The molecule has 25 heavy (non-hydrogen) atoms. The van der Waals surface area contributed by atoms with Gasteiger partial charge in [0.2, 0.25) is 5.91 Å².